The van der Waals surface area contributed by atoms with E-state index in [0.29, 0.717) is 41.6 Å². The molecule has 2 N–H and O–H groups in total. The highest BCUT2D eigenvalue weighted by atomic mass is 35.5. The third-order valence-corrected chi connectivity index (χ3v) is 4.26. The molecule has 0 radical (unpaired) electrons. The molecular weight excluding hydrogens is 266 g/mol. The minimum atomic E-state index is -0.421. The first kappa shape index (κ1) is 12.8. The van der Waals surface area contributed by atoms with Crippen molar-refractivity contribution in [2.45, 2.75) is 31.2 Å². The Morgan fingerprint density at radius 2 is 1.84 bits per heavy atom. The Bertz CT molecular complexity index is 524. The fourth-order valence-corrected chi connectivity index (χ4v) is 3.19. The molecule has 2 aliphatic rings. The minimum absolute atomic E-state index is 0.349. The van der Waals surface area contributed by atoms with Crippen LogP contribution in [0.15, 0.2) is 6.07 Å². The Morgan fingerprint density at radius 3 is 2.47 bits per heavy atom. The summed E-state index contributed by atoms with van der Waals surface area (Å²) in [4.78, 5) is 11.2. The lowest BCUT2D eigenvalue weighted by molar-refractivity contribution is 0.111. The summed E-state index contributed by atoms with van der Waals surface area (Å²) >= 11 is 6.18. The van der Waals surface area contributed by atoms with E-state index in [1.165, 1.54) is 0 Å². The van der Waals surface area contributed by atoms with Crippen molar-refractivity contribution in [2.24, 2.45) is 5.73 Å². The second-order valence-electron chi connectivity index (χ2n) is 5.16. The summed E-state index contributed by atoms with van der Waals surface area (Å²) < 4.78 is 11.3. The predicted octanol–water partition coefficient (Wildman–Crippen LogP) is 2.65. The van der Waals surface area contributed by atoms with Crippen LogP contribution in [-0.4, -0.2) is 19.5 Å². The van der Waals surface area contributed by atoms with Gasteiger partial charge in [-0.25, -0.2) is 0 Å². The summed E-state index contributed by atoms with van der Waals surface area (Å²) in [6.45, 7) is 0.890. The van der Waals surface area contributed by atoms with E-state index in [0.717, 1.165) is 31.2 Å². The zero-order valence-electron chi connectivity index (χ0n) is 10.6. The SMILES string of the molecule is NC1(c2cc(Cl)c(C=O)c3c2OCCO3)CCCC1. The smallest absolute Gasteiger partial charge is 0.173 e. The third-order valence-electron chi connectivity index (χ3n) is 3.95. The summed E-state index contributed by atoms with van der Waals surface area (Å²) in [7, 11) is 0. The summed E-state index contributed by atoms with van der Waals surface area (Å²) in [5.41, 5.74) is 7.28. The number of hydrogen-bond acceptors (Lipinski definition) is 4. The minimum Gasteiger partial charge on any atom is -0.486 e. The topological polar surface area (TPSA) is 61.6 Å². The van der Waals surface area contributed by atoms with Gasteiger partial charge in [0.2, 0.25) is 0 Å². The summed E-state index contributed by atoms with van der Waals surface area (Å²) in [5, 5.41) is 0.381. The van der Waals surface area contributed by atoms with Crippen molar-refractivity contribution < 1.29 is 14.3 Å². The molecule has 1 aliphatic heterocycles. The van der Waals surface area contributed by atoms with Gasteiger partial charge in [0.05, 0.1) is 10.6 Å². The fraction of sp³-hybridized carbons (Fsp3) is 0.500. The van der Waals surface area contributed by atoms with Gasteiger partial charge in [0, 0.05) is 11.1 Å². The zero-order valence-corrected chi connectivity index (χ0v) is 11.3. The van der Waals surface area contributed by atoms with E-state index in [4.69, 9.17) is 26.8 Å². The number of hydrogen-bond donors (Lipinski definition) is 1. The van der Waals surface area contributed by atoms with Crippen molar-refractivity contribution in [3.05, 3.63) is 22.2 Å². The van der Waals surface area contributed by atoms with Gasteiger partial charge in [-0.05, 0) is 18.9 Å². The molecule has 1 aromatic carbocycles. The van der Waals surface area contributed by atoms with Crippen molar-refractivity contribution in [3.8, 4) is 11.5 Å². The van der Waals surface area contributed by atoms with Crippen LogP contribution in [-0.2, 0) is 5.54 Å². The first-order chi connectivity index (χ1) is 9.15. The molecule has 1 heterocycles. The number of carbonyl (C=O) groups excluding carboxylic acids is 1. The molecule has 3 rings (SSSR count). The van der Waals surface area contributed by atoms with E-state index >= 15 is 0 Å². The largest absolute Gasteiger partial charge is 0.486 e. The zero-order chi connectivity index (χ0) is 13.5. The van der Waals surface area contributed by atoms with Gasteiger partial charge in [-0.1, -0.05) is 24.4 Å². The van der Waals surface area contributed by atoms with Crippen LogP contribution >= 0.6 is 11.6 Å². The number of halogens is 1. The molecule has 1 aromatic rings. The molecule has 4 nitrogen and oxygen atoms in total. The van der Waals surface area contributed by atoms with E-state index in [2.05, 4.69) is 0 Å². The number of carbonyl (C=O) groups is 1. The molecule has 0 bridgehead atoms. The normalized spacial score (nSPS) is 20.3. The second-order valence-corrected chi connectivity index (χ2v) is 5.56. The molecule has 102 valence electrons. The second kappa shape index (κ2) is 4.69. The van der Waals surface area contributed by atoms with Gasteiger partial charge in [0.15, 0.2) is 17.8 Å². The van der Waals surface area contributed by atoms with Crippen LogP contribution in [0.25, 0.3) is 0 Å². The molecule has 1 saturated carbocycles. The fourth-order valence-electron chi connectivity index (χ4n) is 2.95. The van der Waals surface area contributed by atoms with Crippen molar-refractivity contribution in [1.82, 2.24) is 0 Å². The maximum atomic E-state index is 11.2. The molecule has 1 fully saturated rings. The molecule has 0 amide bonds. The summed E-state index contributed by atoms with van der Waals surface area (Å²) in [6.07, 6.45) is 4.70. The van der Waals surface area contributed by atoms with Gasteiger partial charge in [0.25, 0.3) is 0 Å². The Kier molecular flexibility index (Phi) is 3.15. The lowest BCUT2D eigenvalue weighted by Crippen LogP contribution is -2.34. The van der Waals surface area contributed by atoms with E-state index in [-0.39, 0.29) is 0 Å². The lowest BCUT2D eigenvalue weighted by Gasteiger charge is -2.31. The van der Waals surface area contributed by atoms with Crippen LogP contribution in [0.5, 0.6) is 11.5 Å². The van der Waals surface area contributed by atoms with Crippen LogP contribution in [0, 0.1) is 0 Å². The van der Waals surface area contributed by atoms with Crippen LogP contribution in [0.1, 0.15) is 41.6 Å². The number of fused-ring (bicyclic) bond motifs is 1. The number of nitrogens with two attached hydrogens (primary N) is 1. The molecule has 19 heavy (non-hydrogen) atoms. The summed E-state index contributed by atoms with van der Waals surface area (Å²) in [5.74, 6) is 1.04. The number of benzene rings is 1. The van der Waals surface area contributed by atoms with Gasteiger partial charge in [-0.2, -0.15) is 0 Å². The van der Waals surface area contributed by atoms with E-state index in [1.54, 1.807) is 6.07 Å². The van der Waals surface area contributed by atoms with Gasteiger partial charge in [0.1, 0.15) is 13.2 Å². The highest BCUT2D eigenvalue weighted by Crippen LogP contribution is 2.48. The Hall–Kier alpha value is -1.26. The van der Waals surface area contributed by atoms with Crippen LogP contribution in [0.2, 0.25) is 5.02 Å². The molecule has 0 aromatic heterocycles. The third kappa shape index (κ3) is 1.99. The average molecular weight is 282 g/mol. The monoisotopic (exact) mass is 281 g/mol. The Morgan fingerprint density at radius 1 is 1.21 bits per heavy atom. The van der Waals surface area contributed by atoms with Gasteiger partial charge >= 0.3 is 0 Å². The standard InChI is InChI=1S/C14H16ClNO3/c15-11-7-10(14(16)3-1-2-4-14)13-12(9(11)8-17)18-5-6-19-13/h7-8H,1-6,16H2. The predicted molar refractivity (Wildman–Crippen MR) is 72.2 cm³/mol. The van der Waals surface area contributed by atoms with Crippen molar-refractivity contribution in [3.63, 3.8) is 0 Å². The maximum absolute atomic E-state index is 11.2. The first-order valence-corrected chi connectivity index (χ1v) is 6.90. The molecule has 1 aliphatic carbocycles. The molecule has 0 spiro atoms. The van der Waals surface area contributed by atoms with Crippen molar-refractivity contribution >= 4 is 17.9 Å². The number of rotatable bonds is 2. The molecular formula is C14H16ClNO3. The molecule has 0 saturated heterocycles. The molecule has 0 unspecified atom stereocenters. The van der Waals surface area contributed by atoms with Gasteiger partial charge < -0.3 is 15.2 Å². The van der Waals surface area contributed by atoms with Crippen LogP contribution in [0.3, 0.4) is 0 Å². The van der Waals surface area contributed by atoms with Gasteiger partial charge in [-0.3, -0.25) is 4.79 Å². The number of aldehydes is 1. The van der Waals surface area contributed by atoms with Crippen molar-refractivity contribution in [2.75, 3.05) is 13.2 Å². The average Bonchev–Trinajstić information content (AvgIpc) is 2.86. The van der Waals surface area contributed by atoms with Crippen LogP contribution in [0.4, 0.5) is 0 Å². The highest BCUT2D eigenvalue weighted by Gasteiger charge is 2.37. The molecule has 0 atom stereocenters. The van der Waals surface area contributed by atoms with Crippen molar-refractivity contribution in [1.29, 1.82) is 0 Å². The first-order valence-electron chi connectivity index (χ1n) is 6.52. The summed E-state index contributed by atoms with van der Waals surface area (Å²) in [6, 6.07) is 1.77. The van der Waals surface area contributed by atoms with E-state index in [1.807, 2.05) is 0 Å². The lowest BCUT2D eigenvalue weighted by atomic mass is 9.87. The van der Waals surface area contributed by atoms with E-state index in [9.17, 15) is 4.79 Å². The quantitative estimate of drug-likeness (QED) is 0.847. The maximum Gasteiger partial charge on any atom is 0.173 e. The number of ether oxygens (including phenoxy) is 2. The Labute approximate surface area is 116 Å². The van der Waals surface area contributed by atoms with Crippen LogP contribution < -0.4 is 15.2 Å². The van der Waals surface area contributed by atoms with Gasteiger partial charge in [-0.15, -0.1) is 0 Å². The highest BCUT2D eigenvalue weighted by molar-refractivity contribution is 6.33. The Balaban J connectivity index is 2.20. The van der Waals surface area contributed by atoms with E-state index < -0.39 is 5.54 Å². The molecule has 5 heteroatoms.